The van der Waals surface area contributed by atoms with Crippen molar-refractivity contribution in [3.05, 3.63) is 63.1 Å². The molecule has 0 aliphatic rings. The Hall–Kier alpha value is -0.670. The zero-order valence-electron chi connectivity index (χ0n) is 10.4. The lowest BCUT2D eigenvalue weighted by atomic mass is 10.1. The van der Waals surface area contributed by atoms with Gasteiger partial charge in [-0.15, -0.1) is 11.8 Å². The van der Waals surface area contributed by atoms with Gasteiger partial charge in [0.05, 0.1) is 10.8 Å². The average Bonchev–Trinajstić information content (AvgIpc) is 2.42. The standard InChI is InChI=1S/C15H11Cl3OS/c16-11-5-6-13(17)10(7-11)8-12(19)9-20-15-4-2-1-3-14(15)18/h1-7H,8-9H2. The second-order valence-corrected chi connectivity index (χ2v) is 6.44. The summed E-state index contributed by atoms with van der Waals surface area (Å²) in [6.07, 6.45) is 0.275. The highest BCUT2D eigenvalue weighted by Crippen LogP contribution is 2.27. The summed E-state index contributed by atoms with van der Waals surface area (Å²) in [4.78, 5) is 12.9. The third-order valence-electron chi connectivity index (χ3n) is 2.62. The van der Waals surface area contributed by atoms with Crippen LogP contribution < -0.4 is 0 Å². The van der Waals surface area contributed by atoms with Gasteiger partial charge in [-0.1, -0.05) is 46.9 Å². The van der Waals surface area contributed by atoms with E-state index in [4.69, 9.17) is 34.8 Å². The second kappa shape index (κ2) is 7.37. The Morgan fingerprint density at radius 2 is 1.75 bits per heavy atom. The quantitative estimate of drug-likeness (QED) is 0.661. The van der Waals surface area contributed by atoms with E-state index in [-0.39, 0.29) is 12.2 Å². The van der Waals surface area contributed by atoms with Crippen LogP contribution in [0.1, 0.15) is 5.56 Å². The molecule has 0 saturated heterocycles. The van der Waals surface area contributed by atoms with Crippen LogP contribution in [0.5, 0.6) is 0 Å². The van der Waals surface area contributed by atoms with Crippen molar-refractivity contribution in [3.63, 3.8) is 0 Å². The smallest absolute Gasteiger partial charge is 0.147 e. The number of ketones is 1. The summed E-state index contributed by atoms with van der Waals surface area (Å²) in [7, 11) is 0. The van der Waals surface area contributed by atoms with Gasteiger partial charge < -0.3 is 0 Å². The van der Waals surface area contributed by atoms with E-state index in [9.17, 15) is 4.79 Å². The zero-order chi connectivity index (χ0) is 14.5. The monoisotopic (exact) mass is 344 g/mol. The predicted molar refractivity (Wildman–Crippen MR) is 87.3 cm³/mol. The first-order valence-corrected chi connectivity index (χ1v) is 8.01. The van der Waals surface area contributed by atoms with Crippen molar-refractivity contribution < 1.29 is 4.79 Å². The lowest BCUT2D eigenvalue weighted by Crippen LogP contribution is -2.06. The molecule has 0 amide bonds. The number of thioether (sulfide) groups is 1. The van der Waals surface area contributed by atoms with Gasteiger partial charge in [0.15, 0.2) is 0 Å². The minimum atomic E-state index is 0.0825. The summed E-state index contributed by atoms with van der Waals surface area (Å²) < 4.78 is 0. The Balaban J connectivity index is 1.96. The number of hydrogen-bond acceptors (Lipinski definition) is 2. The van der Waals surface area contributed by atoms with Crippen molar-refractivity contribution in [2.24, 2.45) is 0 Å². The van der Waals surface area contributed by atoms with Crippen molar-refractivity contribution in [2.45, 2.75) is 11.3 Å². The van der Waals surface area contributed by atoms with Crippen molar-refractivity contribution in [1.29, 1.82) is 0 Å². The molecule has 0 atom stereocenters. The molecule has 5 heteroatoms. The van der Waals surface area contributed by atoms with Crippen LogP contribution in [0, 0.1) is 0 Å². The van der Waals surface area contributed by atoms with Gasteiger partial charge in [0, 0.05) is 21.4 Å². The predicted octanol–water partition coefficient (Wildman–Crippen LogP) is 5.55. The topological polar surface area (TPSA) is 17.1 Å². The summed E-state index contributed by atoms with van der Waals surface area (Å²) in [6.45, 7) is 0. The van der Waals surface area contributed by atoms with Crippen LogP contribution >= 0.6 is 46.6 Å². The molecule has 0 unspecified atom stereocenters. The highest BCUT2D eigenvalue weighted by atomic mass is 35.5. The Bertz CT molecular complexity index is 628. The molecule has 0 fully saturated rings. The summed E-state index contributed by atoms with van der Waals surface area (Å²) in [5.74, 6) is 0.436. The van der Waals surface area contributed by atoms with E-state index < -0.39 is 0 Å². The van der Waals surface area contributed by atoms with Crippen LogP contribution in [0.2, 0.25) is 15.1 Å². The van der Waals surface area contributed by atoms with Gasteiger partial charge in [-0.25, -0.2) is 0 Å². The second-order valence-electron chi connectivity index (χ2n) is 4.17. The van der Waals surface area contributed by atoms with Gasteiger partial charge in [0.2, 0.25) is 0 Å². The maximum Gasteiger partial charge on any atom is 0.147 e. The Kier molecular flexibility index (Phi) is 5.79. The number of Topliss-reactive ketones (excluding diaryl/α,β-unsaturated/α-hetero) is 1. The van der Waals surface area contributed by atoms with Gasteiger partial charge in [-0.05, 0) is 35.9 Å². The summed E-state index contributed by atoms with van der Waals surface area (Å²) in [6, 6.07) is 12.6. The summed E-state index contributed by atoms with van der Waals surface area (Å²) >= 11 is 19.4. The molecule has 0 aromatic heterocycles. The van der Waals surface area contributed by atoms with Crippen LogP contribution in [-0.4, -0.2) is 11.5 Å². The molecule has 0 heterocycles. The van der Waals surface area contributed by atoms with Crippen LogP contribution in [0.15, 0.2) is 47.4 Å². The van der Waals surface area contributed by atoms with Crippen molar-refractivity contribution >= 4 is 52.3 Å². The van der Waals surface area contributed by atoms with E-state index in [2.05, 4.69) is 0 Å². The highest BCUT2D eigenvalue weighted by molar-refractivity contribution is 8.00. The molecule has 20 heavy (non-hydrogen) atoms. The molecule has 0 radical (unpaired) electrons. The number of rotatable bonds is 5. The van der Waals surface area contributed by atoms with E-state index in [1.165, 1.54) is 11.8 Å². The molecular formula is C15H11Cl3OS. The zero-order valence-corrected chi connectivity index (χ0v) is 13.5. The fraction of sp³-hybridized carbons (Fsp3) is 0.133. The third kappa shape index (κ3) is 4.42. The molecule has 0 N–H and O–H groups in total. The molecule has 1 nitrogen and oxygen atoms in total. The molecule has 2 rings (SSSR count). The maximum absolute atomic E-state index is 12.0. The van der Waals surface area contributed by atoms with Gasteiger partial charge in [-0.3, -0.25) is 4.79 Å². The molecule has 2 aromatic carbocycles. The van der Waals surface area contributed by atoms with Crippen LogP contribution in [-0.2, 0) is 11.2 Å². The SMILES string of the molecule is O=C(CSc1ccccc1Cl)Cc1cc(Cl)ccc1Cl. The van der Waals surface area contributed by atoms with E-state index in [0.29, 0.717) is 20.8 Å². The Labute approximate surface area is 137 Å². The molecule has 104 valence electrons. The van der Waals surface area contributed by atoms with E-state index >= 15 is 0 Å². The Morgan fingerprint density at radius 3 is 2.50 bits per heavy atom. The molecule has 0 aliphatic heterocycles. The van der Waals surface area contributed by atoms with E-state index in [1.807, 2.05) is 24.3 Å². The van der Waals surface area contributed by atoms with E-state index in [1.54, 1.807) is 18.2 Å². The number of benzene rings is 2. The van der Waals surface area contributed by atoms with Gasteiger partial charge in [-0.2, -0.15) is 0 Å². The fourth-order valence-corrected chi connectivity index (χ4v) is 3.14. The van der Waals surface area contributed by atoms with Crippen molar-refractivity contribution in [2.75, 3.05) is 5.75 Å². The third-order valence-corrected chi connectivity index (χ3v) is 4.80. The molecule has 2 aromatic rings. The number of hydrogen-bond donors (Lipinski definition) is 0. The highest BCUT2D eigenvalue weighted by Gasteiger charge is 2.09. The number of carbonyl (C=O) groups excluding carboxylic acids is 1. The van der Waals surface area contributed by atoms with Crippen molar-refractivity contribution in [1.82, 2.24) is 0 Å². The molecule has 0 spiro atoms. The maximum atomic E-state index is 12.0. The molecular weight excluding hydrogens is 335 g/mol. The summed E-state index contributed by atoms with van der Waals surface area (Å²) in [5.41, 5.74) is 0.754. The van der Waals surface area contributed by atoms with Crippen LogP contribution in [0.25, 0.3) is 0 Å². The minimum absolute atomic E-state index is 0.0825. The normalized spacial score (nSPS) is 10.6. The van der Waals surface area contributed by atoms with Gasteiger partial charge in [0.25, 0.3) is 0 Å². The molecule has 0 bridgehead atoms. The minimum Gasteiger partial charge on any atom is -0.298 e. The Morgan fingerprint density at radius 1 is 1.00 bits per heavy atom. The lowest BCUT2D eigenvalue weighted by Gasteiger charge is -2.05. The van der Waals surface area contributed by atoms with Gasteiger partial charge >= 0.3 is 0 Å². The first-order chi connectivity index (χ1) is 9.56. The number of halogens is 3. The largest absolute Gasteiger partial charge is 0.298 e. The van der Waals surface area contributed by atoms with Gasteiger partial charge in [0.1, 0.15) is 5.78 Å². The number of carbonyl (C=O) groups is 1. The van der Waals surface area contributed by atoms with E-state index in [0.717, 1.165) is 10.5 Å². The summed E-state index contributed by atoms with van der Waals surface area (Å²) in [5, 5.41) is 1.80. The van der Waals surface area contributed by atoms with Crippen LogP contribution in [0.4, 0.5) is 0 Å². The molecule has 0 saturated carbocycles. The fourth-order valence-electron chi connectivity index (χ4n) is 1.66. The first-order valence-electron chi connectivity index (χ1n) is 5.89. The lowest BCUT2D eigenvalue weighted by molar-refractivity contribution is -0.116. The van der Waals surface area contributed by atoms with Crippen molar-refractivity contribution in [3.8, 4) is 0 Å². The van der Waals surface area contributed by atoms with Crippen LogP contribution in [0.3, 0.4) is 0 Å². The molecule has 0 aliphatic carbocycles. The average molecular weight is 346 g/mol. The first kappa shape index (κ1) is 15.7.